The van der Waals surface area contributed by atoms with Crippen molar-refractivity contribution in [1.82, 2.24) is 0 Å². The summed E-state index contributed by atoms with van der Waals surface area (Å²) >= 11 is 0. The predicted octanol–water partition coefficient (Wildman–Crippen LogP) is 0.615. The van der Waals surface area contributed by atoms with Gasteiger partial charge in [-0.2, -0.15) is 12.8 Å². The summed E-state index contributed by atoms with van der Waals surface area (Å²) in [6, 6.07) is 5.99. The average molecular weight is 328 g/mol. The Morgan fingerprint density at radius 3 is 2.32 bits per heavy atom. The molecule has 1 aliphatic rings. The van der Waals surface area contributed by atoms with Gasteiger partial charge in [0.05, 0.1) is 31.6 Å². The van der Waals surface area contributed by atoms with E-state index in [9.17, 15) is 13.5 Å². The summed E-state index contributed by atoms with van der Waals surface area (Å²) in [7, 11) is 0.343. The third kappa shape index (κ3) is 4.53. The minimum atomic E-state index is -3.68. The highest BCUT2D eigenvalue weighted by molar-refractivity contribution is 7.90. The molecule has 0 saturated carbocycles. The Labute approximate surface area is 132 Å². The number of hydrogen-bond donors (Lipinski definition) is 0. The van der Waals surface area contributed by atoms with Crippen LogP contribution in [0.4, 0.5) is 0 Å². The van der Waals surface area contributed by atoms with Crippen LogP contribution in [0.5, 0.6) is 0 Å². The highest BCUT2D eigenvalue weighted by Crippen LogP contribution is 2.23. The summed E-state index contributed by atoms with van der Waals surface area (Å²) < 4.78 is 31.3. The van der Waals surface area contributed by atoms with Gasteiger partial charge < -0.3 is 14.3 Å². The van der Waals surface area contributed by atoms with E-state index in [4.69, 9.17) is 4.74 Å². The fraction of sp³-hybridized carbons (Fsp3) is 0.533. The third-order valence-corrected chi connectivity index (χ3v) is 5.28. The Morgan fingerprint density at radius 1 is 1.23 bits per heavy atom. The number of nitrogens with zero attached hydrogens (tertiary/aromatic N) is 2. The predicted molar refractivity (Wildman–Crippen MR) is 84.2 cm³/mol. The van der Waals surface area contributed by atoms with Gasteiger partial charge >= 0.3 is 0 Å². The smallest absolute Gasteiger partial charge is 0.282 e. The number of likely N-dealkylation sites (N-methyl/N-ethyl adjacent to an activating group) is 1. The van der Waals surface area contributed by atoms with E-state index in [-0.39, 0.29) is 10.5 Å². The van der Waals surface area contributed by atoms with Crippen molar-refractivity contribution < 1.29 is 22.7 Å². The standard InChI is InChI=1S/C8H20NO.C7H5NO3S/c1-5-9(3,6-2)7-8-10-4;9-7-5-3-1-2-4-6(5)12(10,11)8-7/h5-8H2,1-4H3;1-4H,(H,8,9)/q+1;/p-1. The van der Waals surface area contributed by atoms with Crippen LogP contribution >= 0.6 is 0 Å². The van der Waals surface area contributed by atoms with Gasteiger partial charge in [-0.1, -0.05) is 18.2 Å². The van der Waals surface area contributed by atoms with Crippen LogP contribution in [-0.2, 0) is 14.8 Å². The van der Waals surface area contributed by atoms with Gasteiger partial charge in [-0.05, 0) is 19.9 Å². The molecule has 0 saturated heterocycles. The van der Waals surface area contributed by atoms with E-state index in [1.54, 1.807) is 19.2 Å². The van der Waals surface area contributed by atoms with Crippen molar-refractivity contribution in [2.24, 2.45) is 4.40 Å². The number of fused-ring (bicyclic) bond motifs is 1. The highest BCUT2D eigenvalue weighted by atomic mass is 32.2. The van der Waals surface area contributed by atoms with E-state index >= 15 is 0 Å². The third-order valence-electron chi connectivity index (χ3n) is 3.96. The second-order valence-corrected chi connectivity index (χ2v) is 6.91. The Bertz CT molecular complexity index is 622. The molecule has 124 valence electrons. The molecular formula is C15H24N2O4S. The summed E-state index contributed by atoms with van der Waals surface area (Å²) in [6.07, 6.45) is 0. The van der Waals surface area contributed by atoms with E-state index in [0.717, 1.165) is 17.6 Å². The van der Waals surface area contributed by atoms with Crippen LogP contribution in [0.2, 0.25) is 0 Å². The number of rotatable bonds is 5. The first-order valence-corrected chi connectivity index (χ1v) is 8.67. The molecule has 1 heterocycles. The molecule has 1 aromatic rings. The van der Waals surface area contributed by atoms with Crippen LogP contribution < -0.4 is 5.11 Å². The summed E-state index contributed by atoms with van der Waals surface area (Å²) in [4.78, 5) is 0.00926. The first-order valence-electron chi connectivity index (χ1n) is 7.23. The molecule has 0 N–H and O–H groups in total. The number of sulfonamides is 1. The monoisotopic (exact) mass is 328 g/mol. The van der Waals surface area contributed by atoms with E-state index < -0.39 is 15.9 Å². The summed E-state index contributed by atoms with van der Waals surface area (Å²) in [5, 5.41) is 10.9. The van der Waals surface area contributed by atoms with Crippen LogP contribution in [0, 0.1) is 0 Å². The molecule has 0 bridgehead atoms. The maximum Gasteiger partial charge on any atom is 0.282 e. The zero-order valence-corrected chi connectivity index (χ0v) is 14.4. The molecule has 22 heavy (non-hydrogen) atoms. The van der Waals surface area contributed by atoms with Crippen molar-refractivity contribution in [3.8, 4) is 0 Å². The molecule has 1 aliphatic heterocycles. The summed E-state index contributed by atoms with van der Waals surface area (Å²) in [5.41, 5.74) is 0.164. The lowest BCUT2D eigenvalue weighted by molar-refractivity contribution is -0.906. The van der Waals surface area contributed by atoms with Gasteiger partial charge in [0.15, 0.2) is 0 Å². The largest absolute Gasteiger partial charge is 0.858 e. The van der Waals surface area contributed by atoms with Gasteiger partial charge in [-0.3, -0.25) is 0 Å². The van der Waals surface area contributed by atoms with Crippen LogP contribution in [0.1, 0.15) is 19.4 Å². The van der Waals surface area contributed by atoms with Crippen molar-refractivity contribution in [2.75, 3.05) is 40.4 Å². The Balaban J connectivity index is 0.000000225. The molecular weight excluding hydrogens is 304 g/mol. The zero-order valence-electron chi connectivity index (χ0n) is 13.6. The first kappa shape index (κ1) is 18.6. The van der Waals surface area contributed by atoms with Crippen molar-refractivity contribution in [3.63, 3.8) is 0 Å². The minimum Gasteiger partial charge on any atom is -0.858 e. The van der Waals surface area contributed by atoms with Crippen LogP contribution in [-0.4, -0.2) is 59.2 Å². The Hall–Kier alpha value is -1.44. The fourth-order valence-electron chi connectivity index (χ4n) is 1.93. The van der Waals surface area contributed by atoms with E-state index in [1.165, 1.54) is 25.2 Å². The molecule has 0 fully saturated rings. The molecule has 0 spiro atoms. The van der Waals surface area contributed by atoms with Crippen molar-refractivity contribution in [1.29, 1.82) is 0 Å². The van der Waals surface area contributed by atoms with Crippen LogP contribution in [0.25, 0.3) is 0 Å². The van der Waals surface area contributed by atoms with Crippen molar-refractivity contribution in [3.05, 3.63) is 29.8 Å². The fourth-order valence-corrected chi connectivity index (χ4v) is 3.03. The van der Waals surface area contributed by atoms with E-state index in [2.05, 4.69) is 25.3 Å². The maximum absolute atomic E-state index is 11.1. The number of quaternary nitrogens is 1. The lowest BCUT2D eigenvalue weighted by atomic mass is 10.2. The summed E-state index contributed by atoms with van der Waals surface area (Å²) in [5.74, 6) is -0.675. The molecule has 0 unspecified atom stereocenters. The second kappa shape index (κ2) is 7.71. The summed E-state index contributed by atoms with van der Waals surface area (Å²) in [6.45, 7) is 8.83. The average Bonchev–Trinajstić information content (AvgIpc) is 2.76. The molecule has 0 atom stereocenters. The SMILES string of the molecule is CC[N+](C)(CC)CCOC.O=S1(=O)N=C([O-])c2ccccc21. The second-order valence-electron chi connectivity index (χ2n) is 5.34. The van der Waals surface area contributed by atoms with Gasteiger partial charge in [-0.15, -0.1) is 0 Å². The molecule has 6 nitrogen and oxygen atoms in total. The Morgan fingerprint density at radius 2 is 1.82 bits per heavy atom. The van der Waals surface area contributed by atoms with Gasteiger partial charge in [-0.25, -0.2) is 0 Å². The van der Waals surface area contributed by atoms with Crippen molar-refractivity contribution in [2.45, 2.75) is 18.7 Å². The first-order chi connectivity index (χ1) is 10.3. The quantitative estimate of drug-likeness (QED) is 0.742. The number of methoxy groups -OCH3 is 1. The molecule has 0 radical (unpaired) electrons. The molecule has 0 aromatic heterocycles. The molecule has 0 amide bonds. The maximum atomic E-state index is 11.1. The highest BCUT2D eigenvalue weighted by Gasteiger charge is 2.22. The van der Waals surface area contributed by atoms with Gasteiger partial charge in [0.2, 0.25) is 0 Å². The van der Waals surface area contributed by atoms with Gasteiger partial charge in [0.1, 0.15) is 6.54 Å². The van der Waals surface area contributed by atoms with Crippen molar-refractivity contribution >= 4 is 15.9 Å². The lowest BCUT2D eigenvalue weighted by Crippen LogP contribution is -2.45. The molecule has 7 heteroatoms. The lowest BCUT2D eigenvalue weighted by Gasteiger charge is -2.31. The number of ether oxygens (including phenoxy) is 1. The number of hydrogen-bond acceptors (Lipinski definition) is 4. The van der Waals surface area contributed by atoms with Gasteiger partial charge in [0.25, 0.3) is 10.0 Å². The van der Waals surface area contributed by atoms with Crippen LogP contribution in [0.3, 0.4) is 0 Å². The molecule has 2 rings (SSSR count). The van der Waals surface area contributed by atoms with E-state index in [1.807, 2.05) is 0 Å². The number of benzene rings is 1. The van der Waals surface area contributed by atoms with E-state index in [0.29, 0.717) is 0 Å². The van der Waals surface area contributed by atoms with Crippen LogP contribution in [0.15, 0.2) is 33.6 Å². The molecule has 1 aromatic carbocycles. The van der Waals surface area contributed by atoms with Gasteiger partial charge in [0, 0.05) is 18.6 Å². The zero-order chi connectivity index (χ0) is 16.8. The minimum absolute atomic E-state index is 0.00926. The topological polar surface area (TPSA) is 78.8 Å². The Kier molecular flexibility index (Phi) is 6.52. The molecule has 0 aliphatic carbocycles. The normalized spacial score (nSPS) is 15.5.